The van der Waals surface area contributed by atoms with Crippen molar-refractivity contribution in [2.75, 3.05) is 4.72 Å². The molecule has 3 heterocycles. The van der Waals surface area contributed by atoms with Crippen LogP contribution in [0.3, 0.4) is 0 Å². The summed E-state index contributed by atoms with van der Waals surface area (Å²) >= 11 is 1.23. The second-order valence-electron chi connectivity index (χ2n) is 5.76. The van der Waals surface area contributed by atoms with Crippen molar-refractivity contribution < 1.29 is 21.6 Å². The quantitative estimate of drug-likeness (QED) is 0.526. The Kier molecular flexibility index (Phi) is 4.47. The van der Waals surface area contributed by atoms with Crippen molar-refractivity contribution in [3.8, 4) is 16.6 Å². The molecule has 28 heavy (non-hydrogen) atoms. The highest BCUT2D eigenvalue weighted by Gasteiger charge is 2.23. The van der Waals surface area contributed by atoms with Gasteiger partial charge in [-0.2, -0.15) is 9.78 Å². The molecule has 0 amide bonds. The highest BCUT2D eigenvalue weighted by atomic mass is 32.2. The molecule has 0 saturated carbocycles. The van der Waals surface area contributed by atoms with Crippen LogP contribution in [-0.4, -0.2) is 23.2 Å². The molecular weight excluding hydrogens is 410 g/mol. The SMILES string of the molecule is Cc1cc(NS(=O)(=O)c2ccc(F)cc2F)n(-c2nc(-c3ccco3)cs2)n1. The third-order valence-electron chi connectivity index (χ3n) is 3.70. The summed E-state index contributed by atoms with van der Waals surface area (Å²) in [5.74, 6) is -1.43. The fourth-order valence-corrected chi connectivity index (χ4v) is 4.37. The molecule has 1 N–H and O–H groups in total. The van der Waals surface area contributed by atoms with Crippen LogP contribution in [0.2, 0.25) is 0 Å². The number of sulfonamides is 1. The van der Waals surface area contributed by atoms with E-state index in [1.807, 2.05) is 0 Å². The lowest BCUT2D eigenvalue weighted by Gasteiger charge is -2.09. The fraction of sp³-hybridized carbons (Fsp3) is 0.0588. The maximum absolute atomic E-state index is 13.9. The van der Waals surface area contributed by atoms with E-state index < -0.39 is 26.6 Å². The normalized spacial score (nSPS) is 11.7. The molecule has 144 valence electrons. The van der Waals surface area contributed by atoms with Crippen LogP contribution in [-0.2, 0) is 10.0 Å². The van der Waals surface area contributed by atoms with Crippen LogP contribution >= 0.6 is 11.3 Å². The van der Waals surface area contributed by atoms with Gasteiger partial charge in [-0.05, 0) is 31.2 Å². The molecule has 0 atom stereocenters. The van der Waals surface area contributed by atoms with Gasteiger partial charge in [-0.25, -0.2) is 22.2 Å². The molecule has 7 nitrogen and oxygen atoms in total. The molecule has 3 aromatic heterocycles. The number of hydrogen-bond donors (Lipinski definition) is 1. The highest BCUT2D eigenvalue weighted by Crippen LogP contribution is 2.28. The molecule has 0 aliphatic carbocycles. The van der Waals surface area contributed by atoms with E-state index in [1.54, 1.807) is 24.4 Å². The predicted octanol–water partition coefficient (Wildman–Crippen LogP) is 3.98. The standard InChI is InChI=1S/C17H12F2N4O3S2/c1-10-7-16(22-28(24,25)15-5-4-11(18)8-12(15)19)23(21-10)17-20-13(9-27-17)14-3-2-6-26-14/h2-9,22H,1H3. The molecule has 4 aromatic rings. The second kappa shape index (κ2) is 6.84. The van der Waals surface area contributed by atoms with E-state index in [9.17, 15) is 17.2 Å². The van der Waals surface area contributed by atoms with Gasteiger partial charge in [-0.15, -0.1) is 11.3 Å². The average Bonchev–Trinajstić information content (AvgIpc) is 3.34. The van der Waals surface area contributed by atoms with Gasteiger partial charge < -0.3 is 4.42 Å². The van der Waals surface area contributed by atoms with Gasteiger partial charge >= 0.3 is 0 Å². The lowest BCUT2D eigenvalue weighted by atomic mass is 10.3. The highest BCUT2D eigenvalue weighted by molar-refractivity contribution is 7.92. The number of anilines is 1. The summed E-state index contributed by atoms with van der Waals surface area (Å²) in [5, 5.41) is 6.37. The minimum Gasteiger partial charge on any atom is -0.463 e. The number of halogens is 2. The molecule has 1 aromatic carbocycles. The van der Waals surface area contributed by atoms with Gasteiger partial charge in [0.15, 0.2) is 5.76 Å². The molecule has 0 aliphatic rings. The number of hydrogen-bond acceptors (Lipinski definition) is 6. The van der Waals surface area contributed by atoms with Crippen LogP contribution in [0, 0.1) is 18.6 Å². The largest absolute Gasteiger partial charge is 0.463 e. The fourth-order valence-electron chi connectivity index (χ4n) is 2.50. The number of benzene rings is 1. The number of nitrogens with one attached hydrogen (secondary N) is 1. The Balaban J connectivity index is 1.70. The summed E-state index contributed by atoms with van der Waals surface area (Å²) in [6.07, 6.45) is 1.52. The van der Waals surface area contributed by atoms with Crippen molar-refractivity contribution in [3.05, 3.63) is 65.4 Å². The smallest absolute Gasteiger partial charge is 0.265 e. The first-order chi connectivity index (χ1) is 13.3. The zero-order chi connectivity index (χ0) is 19.9. The summed E-state index contributed by atoms with van der Waals surface area (Å²) in [5.41, 5.74) is 1.09. The van der Waals surface area contributed by atoms with E-state index in [4.69, 9.17) is 4.42 Å². The zero-order valence-corrected chi connectivity index (χ0v) is 15.9. The van der Waals surface area contributed by atoms with Crippen molar-refractivity contribution in [3.63, 3.8) is 0 Å². The lowest BCUT2D eigenvalue weighted by molar-refractivity contribution is 0.551. The van der Waals surface area contributed by atoms with Gasteiger partial charge in [0.05, 0.1) is 12.0 Å². The average molecular weight is 422 g/mol. The van der Waals surface area contributed by atoms with Crippen molar-refractivity contribution in [1.82, 2.24) is 14.8 Å². The Bertz CT molecular complexity index is 1250. The molecule has 11 heteroatoms. The summed E-state index contributed by atoms with van der Waals surface area (Å²) in [4.78, 5) is 3.72. The number of thiazole rings is 1. The van der Waals surface area contributed by atoms with Crippen LogP contribution in [0.15, 0.2) is 57.4 Å². The molecule has 0 unspecified atom stereocenters. The van der Waals surface area contributed by atoms with Crippen molar-refractivity contribution >= 4 is 27.2 Å². The van der Waals surface area contributed by atoms with Crippen LogP contribution in [0.5, 0.6) is 0 Å². The number of aryl methyl sites for hydroxylation is 1. The van der Waals surface area contributed by atoms with E-state index in [2.05, 4.69) is 14.8 Å². The topological polar surface area (TPSA) is 90.0 Å². The van der Waals surface area contributed by atoms with Crippen molar-refractivity contribution in [1.29, 1.82) is 0 Å². The molecule has 0 fully saturated rings. The van der Waals surface area contributed by atoms with Crippen molar-refractivity contribution in [2.24, 2.45) is 0 Å². The molecular formula is C17H12F2N4O3S2. The van der Waals surface area contributed by atoms with Gasteiger partial charge in [0.2, 0.25) is 5.13 Å². The third-order valence-corrected chi connectivity index (χ3v) is 5.90. The summed E-state index contributed by atoms with van der Waals surface area (Å²) in [6.45, 7) is 1.67. The Morgan fingerprint density at radius 1 is 1.21 bits per heavy atom. The minimum absolute atomic E-state index is 0.0709. The molecule has 0 bridgehead atoms. The number of nitrogens with zero attached hydrogens (tertiary/aromatic N) is 3. The maximum atomic E-state index is 13.9. The maximum Gasteiger partial charge on any atom is 0.265 e. The van der Waals surface area contributed by atoms with Crippen LogP contribution < -0.4 is 4.72 Å². The monoisotopic (exact) mass is 422 g/mol. The molecule has 0 spiro atoms. The molecule has 0 saturated heterocycles. The minimum atomic E-state index is -4.31. The van der Waals surface area contributed by atoms with E-state index in [0.29, 0.717) is 28.3 Å². The van der Waals surface area contributed by atoms with E-state index >= 15 is 0 Å². The van der Waals surface area contributed by atoms with Crippen LogP contribution in [0.1, 0.15) is 5.69 Å². The number of rotatable bonds is 5. The first kappa shape index (κ1) is 18.3. The third kappa shape index (κ3) is 3.41. The zero-order valence-electron chi connectivity index (χ0n) is 14.3. The van der Waals surface area contributed by atoms with Gasteiger partial charge in [0.1, 0.15) is 28.0 Å². The Morgan fingerprint density at radius 3 is 2.75 bits per heavy atom. The Labute approximate surface area is 162 Å². The second-order valence-corrected chi connectivity index (χ2v) is 8.24. The van der Waals surface area contributed by atoms with Crippen molar-refractivity contribution in [2.45, 2.75) is 11.8 Å². The first-order valence-electron chi connectivity index (χ1n) is 7.88. The van der Waals surface area contributed by atoms with Gasteiger partial charge in [-0.3, -0.25) is 4.72 Å². The van der Waals surface area contributed by atoms with E-state index in [-0.39, 0.29) is 5.82 Å². The number of furan rings is 1. The van der Waals surface area contributed by atoms with Gasteiger partial charge in [-0.1, -0.05) is 0 Å². The summed E-state index contributed by atoms with van der Waals surface area (Å²) in [7, 11) is -4.31. The molecule has 0 aliphatic heterocycles. The summed E-state index contributed by atoms with van der Waals surface area (Å²) < 4.78 is 61.0. The van der Waals surface area contributed by atoms with Crippen LogP contribution in [0.4, 0.5) is 14.6 Å². The van der Waals surface area contributed by atoms with Crippen LogP contribution in [0.25, 0.3) is 16.6 Å². The van der Waals surface area contributed by atoms with E-state index in [1.165, 1.54) is 28.3 Å². The van der Waals surface area contributed by atoms with Gasteiger partial charge in [0, 0.05) is 17.5 Å². The Hall–Kier alpha value is -3.05. The first-order valence-corrected chi connectivity index (χ1v) is 10.2. The summed E-state index contributed by atoms with van der Waals surface area (Å²) in [6, 6.07) is 7.19. The van der Waals surface area contributed by atoms with Gasteiger partial charge in [0.25, 0.3) is 10.0 Å². The predicted molar refractivity (Wildman–Crippen MR) is 98.8 cm³/mol. The Morgan fingerprint density at radius 2 is 2.04 bits per heavy atom. The van der Waals surface area contributed by atoms with E-state index in [0.717, 1.165) is 12.1 Å². The lowest BCUT2D eigenvalue weighted by Crippen LogP contribution is -2.17. The molecule has 0 radical (unpaired) electrons. The number of aromatic nitrogens is 3. The molecule has 4 rings (SSSR count).